The lowest BCUT2D eigenvalue weighted by Gasteiger charge is -2.29. The number of carbonyl (C=O) groups is 1. The lowest BCUT2D eigenvalue weighted by atomic mass is 10.00. The monoisotopic (exact) mass is 446 g/mol. The van der Waals surface area contributed by atoms with Gasteiger partial charge in [0.2, 0.25) is 0 Å². The lowest BCUT2D eigenvalue weighted by Crippen LogP contribution is -2.41. The van der Waals surface area contributed by atoms with Crippen molar-refractivity contribution in [1.29, 1.82) is 0 Å². The Morgan fingerprint density at radius 3 is 2.53 bits per heavy atom. The van der Waals surface area contributed by atoms with E-state index in [2.05, 4.69) is 9.97 Å². The lowest BCUT2D eigenvalue weighted by molar-refractivity contribution is -0.137. The van der Waals surface area contributed by atoms with E-state index in [1.54, 1.807) is 17.0 Å². The van der Waals surface area contributed by atoms with Crippen LogP contribution in [0.1, 0.15) is 39.7 Å². The number of methoxy groups -OCH3 is 1. The largest absolute Gasteiger partial charge is 0.417 e. The number of nitrogens with zero attached hydrogens (tertiary/aromatic N) is 3. The highest BCUT2D eigenvalue weighted by molar-refractivity contribution is 6.01. The van der Waals surface area contributed by atoms with Crippen LogP contribution in [0.3, 0.4) is 0 Å². The molecule has 2 aromatic heterocycles. The van der Waals surface area contributed by atoms with Gasteiger partial charge in [-0.05, 0) is 62.2 Å². The van der Waals surface area contributed by atoms with E-state index in [0.29, 0.717) is 22.6 Å². The number of fused-ring (bicyclic) bond motifs is 1. The van der Waals surface area contributed by atoms with E-state index in [1.807, 2.05) is 26.8 Å². The molecule has 0 spiro atoms. The van der Waals surface area contributed by atoms with Crippen LogP contribution in [0.25, 0.3) is 10.9 Å². The molecule has 2 heterocycles. The highest BCUT2D eigenvalue weighted by Crippen LogP contribution is 2.29. The molecule has 2 N–H and O–H groups in total. The predicted molar refractivity (Wildman–Crippen MR) is 116 cm³/mol. The summed E-state index contributed by atoms with van der Waals surface area (Å²) in [5.41, 5.74) is 8.12. The maximum absolute atomic E-state index is 13.5. The fraction of sp³-hybridized carbons (Fsp3) is 0.348. The van der Waals surface area contributed by atoms with E-state index in [0.717, 1.165) is 28.8 Å². The molecule has 1 aromatic carbocycles. The Bertz CT molecular complexity index is 1130. The van der Waals surface area contributed by atoms with Gasteiger partial charge < -0.3 is 15.4 Å². The Kier molecular flexibility index (Phi) is 6.68. The molecule has 0 saturated carbocycles. The van der Waals surface area contributed by atoms with Crippen LogP contribution < -0.4 is 5.73 Å². The van der Waals surface area contributed by atoms with Crippen LogP contribution in [0.4, 0.5) is 19.0 Å². The summed E-state index contributed by atoms with van der Waals surface area (Å²) in [6.07, 6.45) is -3.69. The molecule has 3 aromatic rings. The van der Waals surface area contributed by atoms with Gasteiger partial charge in [0.25, 0.3) is 5.91 Å². The second kappa shape index (κ2) is 9.12. The van der Waals surface area contributed by atoms with E-state index in [4.69, 9.17) is 10.5 Å². The number of anilines is 1. The van der Waals surface area contributed by atoms with Gasteiger partial charge >= 0.3 is 6.18 Å². The number of ether oxygens (including phenoxy) is 1. The third kappa shape index (κ3) is 4.83. The number of nitrogens with two attached hydrogens (primary N) is 1. The third-order valence-electron chi connectivity index (χ3n) is 5.41. The summed E-state index contributed by atoms with van der Waals surface area (Å²) in [7, 11) is 1.52. The maximum Gasteiger partial charge on any atom is 0.417 e. The van der Waals surface area contributed by atoms with E-state index >= 15 is 0 Å². The number of amides is 1. The summed E-state index contributed by atoms with van der Waals surface area (Å²) in [6.45, 7) is 5.80. The Balaban J connectivity index is 1.98. The van der Waals surface area contributed by atoms with Crippen molar-refractivity contribution >= 4 is 22.6 Å². The second-order valence-corrected chi connectivity index (χ2v) is 7.77. The van der Waals surface area contributed by atoms with E-state index in [1.165, 1.54) is 13.2 Å². The number of alkyl halides is 3. The van der Waals surface area contributed by atoms with Gasteiger partial charge in [0, 0.05) is 24.3 Å². The second-order valence-electron chi connectivity index (χ2n) is 7.77. The highest BCUT2D eigenvalue weighted by atomic mass is 19.4. The first-order valence-corrected chi connectivity index (χ1v) is 10.0. The average molecular weight is 446 g/mol. The van der Waals surface area contributed by atoms with Gasteiger partial charge in [-0.3, -0.25) is 9.78 Å². The minimum Gasteiger partial charge on any atom is -0.383 e. The minimum absolute atomic E-state index is 0.0397. The number of hydrogen-bond acceptors (Lipinski definition) is 5. The van der Waals surface area contributed by atoms with Crippen LogP contribution in [0, 0.1) is 13.8 Å². The van der Waals surface area contributed by atoms with Gasteiger partial charge in [-0.1, -0.05) is 0 Å². The van der Waals surface area contributed by atoms with Crippen molar-refractivity contribution in [2.45, 2.75) is 39.5 Å². The van der Waals surface area contributed by atoms with Gasteiger partial charge in [-0.25, -0.2) is 4.98 Å². The zero-order valence-electron chi connectivity index (χ0n) is 18.3. The van der Waals surface area contributed by atoms with Gasteiger partial charge in [0.1, 0.15) is 5.82 Å². The molecule has 0 saturated heterocycles. The van der Waals surface area contributed by atoms with Crippen molar-refractivity contribution in [2.75, 3.05) is 19.5 Å². The van der Waals surface area contributed by atoms with Crippen molar-refractivity contribution < 1.29 is 22.7 Å². The minimum atomic E-state index is -4.47. The Morgan fingerprint density at radius 2 is 1.94 bits per heavy atom. The zero-order chi connectivity index (χ0) is 23.6. The molecule has 0 unspecified atom stereocenters. The molecule has 1 atom stereocenters. The summed E-state index contributed by atoms with van der Waals surface area (Å²) in [6, 6.07) is 7.23. The number of aryl methyl sites for hydroxylation is 2. The quantitative estimate of drug-likeness (QED) is 0.602. The molecular weight excluding hydrogens is 421 g/mol. The number of pyridine rings is 2. The summed E-state index contributed by atoms with van der Waals surface area (Å²) in [5.74, 6) is 0.157. The molecule has 0 aliphatic heterocycles. The summed E-state index contributed by atoms with van der Waals surface area (Å²) in [5, 5.41) is 0.814. The summed E-state index contributed by atoms with van der Waals surface area (Å²) < 4.78 is 43.8. The highest BCUT2D eigenvalue weighted by Gasteiger charge is 2.31. The molecular formula is C23H25F3N4O2. The molecule has 0 aliphatic rings. The van der Waals surface area contributed by atoms with Crippen molar-refractivity contribution in [3.8, 4) is 0 Å². The third-order valence-corrected chi connectivity index (χ3v) is 5.41. The number of carbonyl (C=O) groups excluding carboxylic acids is 1. The first-order valence-electron chi connectivity index (χ1n) is 10.0. The van der Waals surface area contributed by atoms with E-state index in [-0.39, 0.29) is 25.1 Å². The molecule has 170 valence electrons. The number of benzene rings is 1. The smallest absolute Gasteiger partial charge is 0.383 e. The topological polar surface area (TPSA) is 81.3 Å². The molecule has 9 heteroatoms. The molecule has 0 fully saturated rings. The van der Waals surface area contributed by atoms with Crippen LogP contribution in [0.15, 0.2) is 36.5 Å². The molecule has 0 radical (unpaired) electrons. The summed E-state index contributed by atoms with van der Waals surface area (Å²) in [4.78, 5) is 23.4. The number of halogens is 3. The van der Waals surface area contributed by atoms with Crippen LogP contribution in [-0.4, -0.2) is 40.5 Å². The maximum atomic E-state index is 13.5. The average Bonchev–Trinajstić information content (AvgIpc) is 2.73. The van der Waals surface area contributed by atoms with E-state index < -0.39 is 11.7 Å². The fourth-order valence-corrected chi connectivity index (χ4v) is 3.51. The number of nitrogen functional groups attached to an aromatic ring is 1. The molecule has 3 rings (SSSR count). The summed E-state index contributed by atoms with van der Waals surface area (Å²) >= 11 is 0. The van der Waals surface area contributed by atoms with Gasteiger partial charge in [0.15, 0.2) is 0 Å². The van der Waals surface area contributed by atoms with Crippen LogP contribution in [-0.2, 0) is 17.5 Å². The van der Waals surface area contributed by atoms with Crippen LogP contribution >= 0.6 is 0 Å². The van der Waals surface area contributed by atoms with Crippen LogP contribution in [0.5, 0.6) is 0 Å². The molecule has 6 nitrogen and oxygen atoms in total. The Labute approximate surface area is 184 Å². The fourth-order valence-electron chi connectivity index (χ4n) is 3.51. The normalized spacial score (nSPS) is 12.7. The molecule has 0 bridgehead atoms. The van der Waals surface area contributed by atoms with Crippen molar-refractivity contribution in [1.82, 2.24) is 14.9 Å². The predicted octanol–water partition coefficient (Wildman–Crippen LogP) is 4.52. The Morgan fingerprint density at radius 1 is 1.22 bits per heavy atom. The van der Waals surface area contributed by atoms with Crippen molar-refractivity contribution in [3.63, 3.8) is 0 Å². The SMILES string of the molecule is COC[C@@H](C)N(Cc1ccc(C(F)(F)F)cn1)C(=O)c1ccc2nc(N)c(C)cc2c1C. The number of hydrogen-bond donors (Lipinski definition) is 1. The number of aromatic nitrogens is 2. The van der Waals surface area contributed by atoms with Crippen molar-refractivity contribution in [2.24, 2.45) is 0 Å². The van der Waals surface area contributed by atoms with Crippen molar-refractivity contribution in [3.05, 3.63) is 64.5 Å². The standard InChI is InChI=1S/C23H25F3N4O2/c1-13-9-19-15(3)18(7-8-20(19)29-21(13)27)22(31)30(14(2)12-32-4)11-17-6-5-16(10-28-17)23(24,25)26/h5-10,14H,11-12H2,1-4H3,(H2,27,29)/t14-/m1/s1. The first-order chi connectivity index (χ1) is 15.0. The first kappa shape index (κ1) is 23.5. The number of rotatable bonds is 6. The van der Waals surface area contributed by atoms with Gasteiger partial charge in [0.05, 0.1) is 36.0 Å². The Hall–Kier alpha value is -3.20. The zero-order valence-corrected chi connectivity index (χ0v) is 18.3. The molecule has 32 heavy (non-hydrogen) atoms. The molecule has 0 aliphatic carbocycles. The molecule has 1 amide bonds. The van der Waals surface area contributed by atoms with Gasteiger partial charge in [-0.15, -0.1) is 0 Å². The van der Waals surface area contributed by atoms with Crippen LogP contribution in [0.2, 0.25) is 0 Å². The van der Waals surface area contributed by atoms with E-state index in [9.17, 15) is 18.0 Å². The van der Waals surface area contributed by atoms with Gasteiger partial charge in [-0.2, -0.15) is 13.2 Å².